The molecule has 5 nitrogen and oxygen atoms in total. The molecule has 5 heteroatoms. The fraction of sp³-hybridized carbons (Fsp3) is 0.241. The van der Waals surface area contributed by atoms with Gasteiger partial charge in [-0.15, -0.1) is 0 Å². The van der Waals surface area contributed by atoms with Crippen molar-refractivity contribution in [1.29, 1.82) is 0 Å². The van der Waals surface area contributed by atoms with Crippen molar-refractivity contribution in [3.05, 3.63) is 95.6 Å². The molecule has 34 heavy (non-hydrogen) atoms. The van der Waals surface area contributed by atoms with Crippen LogP contribution >= 0.6 is 0 Å². The van der Waals surface area contributed by atoms with Crippen molar-refractivity contribution >= 4 is 16.8 Å². The van der Waals surface area contributed by atoms with Gasteiger partial charge in [-0.1, -0.05) is 54.1 Å². The van der Waals surface area contributed by atoms with E-state index in [1.54, 1.807) is 7.11 Å². The molecule has 0 spiro atoms. The predicted molar refractivity (Wildman–Crippen MR) is 136 cm³/mol. The Hall–Kier alpha value is -3.70. The third-order valence-corrected chi connectivity index (χ3v) is 6.47. The Morgan fingerprint density at radius 1 is 0.912 bits per heavy atom. The molecule has 1 amide bonds. The van der Waals surface area contributed by atoms with Crippen LogP contribution in [0.1, 0.15) is 21.5 Å². The summed E-state index contributed by atoms with van der Waals surface area (Å²) in [7, 11) is 1.65. The van der Waals surface area contributed by atoms with E-state index in [2.05, 4.69) is 35.2 Å². The van der Waals surface area contributed by atoms with E-state index in [1.165, 1.54) is 5.56 Å². The monoisotopic (exact) mass is 451 g/mol. The number of fused-ring (bicyclic) bond motifs is 1. The summed E-state index contributed by atoms with van der Waals surface area (Å²) in [6, 6.07) is 26.4. The minimum atomic E-state index is 0.0708. The molecule has 1 saturated heterocycles. The van der Waals surface area contributed by atoms with Gasteiger partial charge in [0.25, 0.3) is 5.91 Å². The van der Waals surface area contributed by atoms with Gasteiger partial charge in [-0.05, 0) is 42.8 Å². The number of pyridine rings is 1. The second-order valence-corrected chi connectivity index (χ2v) is 8.86. The largest absolute Gasteiger partial charge is 0.497 e. The van der Waals surface area contributed by atoms with Crippen molar-refractivity contribution in [2.75, 3.05) is 33.3 Å². The molecule has 2 heterocycles. The van der Waals surface area contributed by atoms with Crippen LogP contribution in [-0.2, 0) is 6.54 Å². The van der Waals surface area contributed by atoms with Gasteiger partial charge in [-0.3, -0.25) is 9.69 Å². The molecule has 0 bridgehead atoms. The number of ether oxygens (including phenoxy) is 1. The normalized spacial score (nSPS) is 14.4. The molecule has 1 aliphatic heterocycles. The first kappa shape index (κ1) is 22.1. The predicted octanol–water partition coefficient (Wildman–Crippen LogP) is 5.18. The average Bonchev–Trinajstić information content (AvgIpc) is 2.89. The van der Waals surface area contributed by atoms with E-state index in [4.69, 9.17) is 9.72 Å². The molecule has 0 radical (unpaired) electrons. The van der Waals surface area contributed by atoms with Crippen molar-refractivity contribution < 1.29 is 9.53 Å². The smallest absolute Gasteiger partial charge is 0.254 e. The molecule has 5 rings (SSSR count). The number of aromatic nitrogens is 1. The molecule has 1 fully saturated rings. The van der Waals surface area contributed by atoms with Crippen LogP contribution in [0.25, 0.3) is 22.2 Å². The van der Waals surface area contributed by atoms with Crippen molar-refractivity contribution in [2.24, 2.45) is 0 Å². The van der Waals surface area contributed by atoms with Crippen LogP contribution in [0.4, 0.5) is 0 Å². The summed E-state index contributed by atoms with van der Waals surface area (Å²) in [6.45, 7) is 6.13. The van der Waals surface area contributed by atoms with Gasteiger partial charge >= 0.3 is 0 Å². The van der Waals surface area contributed by atoms with Crippen molar-refractivity contribution in [3.63, 3.8) is 0 Å². The highest BCUT2D eigenvalue weighted by Gasteiger charge is 2.24. The lowest BCUT2D eigenvalue weighted by Gasteiger charge is -2.35. The summed E-state index contributed by atoms with van der Waals surface area (Å²) >= 11 is 0. The van der Waals surface area contributed by atoms with Gasteiger partial charge in [0, 0.05) is 43.7 Å². The number of rotatable bonds is 5. The van der Waals surface area contributed by atoms with Crippen LogP contribution < -0.4 is 4.74 Å². The van der Waals surface area contributed by atoms with E-state index in [9.17, 15) is 4.79 Å². The number of benzene rings is 3. The molecule has 1 aliphatic rings. The summed E-state index contributed by atoms with van der Waals surface area (Å²) in [4.78, 5) is 23.0. The van der Waals surface area contributed by atoms with Crippen LogP contribution in [0.5, 0.6) is 5.75 Å². The van der Waals surface area contributed by atoms with E-state index in [0.29, 0.717) is 5.56 Å². The Morgan fingerprint density at radius 2 is 1.71 bits per heavy atom. The molecule has 0 aliphatic carbocycles. The molecule has 3 aromatic carbocycles. The number of piperazine rings is 1. The number of nitrogens with zero attached hydrogens (tertiary/aromatic N) is 3. The van der Waals surface area contributed by atoms with Crippen molar-refractivity contribution in [1.82, 2.24) is 14.8 Å². The molecule has 172 valence electrons. The molecular formula is C29H29N3O2. The summed E-state index contributed by atoms with van der Waals surface area (Å²) in [5.74, 6) is 0.840. The number of carbonyl (C=O) groups excluding carboxylic acids is 1. The fourth-order valence-corrected chi connectivity index (χ4v) is 4.57. The highest BCUT2D eigenvalue weighted by atomic mass is 16.5. The number of aryl methyl sites for hydroxylation is 1. The Kier molecular flexibility index (Phi) is 6.28. The minimum Gasteiger partial charge on any atom is -0.497 e. The Morgan fingerprint density at radius 3 is 2.47 bits per heavy atom. The maximum atomic E-state index is 13.8. The Labute approximate surface area is 200 Å². The maximum absolute atomic E-state index is 13.8. The number of amides is 1. The highest BCUT2D eigenvalue weighted by molar-refractivity contribution is 6.07. The molecule has 0 unspecified atom stereocenters. The van der Waals surface area contributed by atoms with Gasteiger partial charge in [0.05, 0.1) is 23.9 Å². The summed E-state index contributed by atoms with van der Waals surface area (Å²) in [5.41, 5.74) is 5.68. The zero-order valence-corrected chi connectivity index (χ0v) is 19.7. The standard InChI is InChI=1S/C29H29N3O2/c1-21-11-12-27-25(17-21)26(19-28(30-27)23-9-6-10-24(18-23)34-2)29(33)32-15-13-31(14-16-32)20-22-7-4-3-5-8-22/h3-12,17-19H,13-16,20H2,1-2H3. The van der Waals surface area contributed by atoms with E-state index in [-0.39, 0.29) is 5.91 Å². The van der Waals surface area contributed by atoms with Gasteiger partial charge in [-0.25, -0.2) is 4.98 Å². The van der Waals surface area contributed by atoms with Crippen molar-refractivity contribution in [3.8, 4) is 17.0 Å². The number of carbonyl (C=O) groups is 1. The van der Waals surface area contributed by atoms with E-state index < -0.39 is 0 Å². The number of hydrogen-bond donors (Lipinski definition) is 0. The second kappa shape index (κ2) is 9.65. The summed E-state index contributed by atoms with van der Waals surface area (Å²) < 4.78 is 5.40. The van der Waals surface area contributed by atoms with Crippen LogP contribution in [0.15, 0.2) is 78.9 Å². The fourth-order valence-electron chi connectivity index (χ4n) is 4.57. The van der Waals surface area contributed by atoms with Crippen LogP contribution in [0.2, 0.25) is 0 Å². The van der Waals surface area contributed by atoms with Gasteiger partial charge < -0.3 is 9.64 Å². The lowest BCUT2D eigenvalue weighted by Crippen LogP contribution is -2.48. The van der Waals surface area contributed by atoms with Gasteiger partial charge in [0.2, 0.25) is 0 Å². The second-order valence-electron chi connectivity index (χ2n) is 8.86. The van der Waals surface area contributed by atoms with E-state index >= 15 is 0 Å². The van der Waals surface area contributed by atoms with Crippen LogP contribution in [0.3, 0.4) is 0 Å². The Bertz CT molecular complexity index is 1310. The lowest BCUT2D eigenvalue weighted by atomic mass is 10.0. The number of methoxy groups -OCH3 is 1. The average molecular weight is 452 g/mol. The molecular weight excluding hydrogens is 422 g/mol. The van der Waals surface area contributed by atoms with Gasteiger partial charge in [0.15, 0.2) is 0 Å². The topological polar surface area (TPSA) is 45.7 Å². The minimum absolute atomic E-state index is 0.0708. The SMILES string of the molecule is COc1cccc(-c2cc(C(=O)N3CCN(Cc4ccccc4)CC3)c3cc(C)ccc3n2)c1. The first-order valence-corrected chi connectivity index (χ1v) is 11.7. The molecule has 4 aromatic rings. The summed E-state index contributed by atoms with van der Waals surface area (Å²) in [6.07, 6.45) is 0. The molecule has 0 N–H and O–H groups in total. The van der Waals surface area contributed by atoms with Crippen LogP contribution in [0, 0.1) is 6.92 Å². The highest BCUT2D eigenvalue weighted by Crippen LogP contribution is 2.29. The van der Waals surface area contributed by atoms with Crippen LogP contribution in [-0.4, -0.2) is 54.0 Å². The lowest BCUT2D eigenvalue weighted by molar-refractivity contribution is 0.0630. The third kappa shape index (κ3) is 4.66. The first-order chi connectivity index (χ1) is 16.6. The van der Waals surface area contributed by atoms with Crippen molar-refractivity contribution in [2.45, 2.75) is 13.5 Å². The number of hydrogen-bond acceptors (Lipinski definition) is 4. The zero-order valence-electron chi connectivity index (χ0n) is 19.7. The first-order valence-electron chi connectivity index (χ1n) is 11.7. The Balaban J connectivity index is 1.43. The maximum Gasteiger partial charge on any atom is 0.254 e. The molecule has 0 atom stereocenters. The molecule has 1 aromatic heterocycles. The van der Waals surface area contributed by atoms with Gasteiger partial charge in [0.1, 0.15) is 5.75 Å². The quantitative estimate of drug-likeness (QED) is 0.420. The molecule has 0 saturated carbocycles. The summed E-state index contributed by atoms with van der Waals surface area (Å²) in [5, 5.41) is 0.906. The van der Waals surface area contributed by atoms with E-state index in [0.717, 1.165) is 66.2 Å². The van der Waals surface area contributed by atoms with Gasteiger partial charge in [-0.2, -0.15) is 0 Å². The zero-order chi connectivity index (χ0) is 23.5. The van der Waals surface area contributed by atoms with E-state index in [1.807, 2.05) is 60.4 Å². The third-order valence-electron chi connectivity index (χ3n) is 6.47.